The number of rotatable bonds is 14. The summed E-state index contributed by atoms with van der Waals surface area (Å²) in [6.45, 7) is 10.0. The van der Waals surface area contributed by atoms with Gasteiger partial charge in [-0.15, -0.1) is 0 Å². The summed E-state index contributed by atoms with van der Waals surface area (Å²) < 4.78 is 10.9. The molecule has 0 aliphatic heterocycles. The summed E-state index contributed by atoms with van der Waals surface area (Å²) in [4.78, 5) is 24.4. The predicted molar refractivity (Wildman–Crippen MR) is 114 cm³/mol. The van der Waals surface area contributed by atoms with Crippen LogP contribution in [-0.4, -0.2) is 25.2 Å². The molecule has 164 valence electrons. The van der Waals surface area contributed by atoms with Crippen molar-refractivity contribution in [1.82, 2.24) is 0 Å². The van der Waals surface area contributed by atoms with E-state index in [0.29, 0.717) is 19.1 Å². The van der Waals surface area contributed by atoms with Crippen molar-refractivity contribution in [2.45, 2.75) is 105 Å². The number of hydrogen-bond donors (Lipinski definition) is 0. The second kappa shape index (κ2) is 14.9. The van der Waals surface area contributed by atoms with Crippen molar-refractivity contribution in [3.05, 3.63) is 0 Å². The van der Waals surface area contributed by atoms with Gasteiger partial charge in [0, 0.05) is 0 Å². The minimum Gasteiger partial charge on any atom is -0.465 e. The van der Waals surface area contributed by atoms with E-state index < -0.39 is 0 Å². The normalized spacial score (nSPS) is 19.8. The lowest BCUT2D eigenvalue weighted by molar-refractivity contribution is -0.155. The first kappa shape index (κ1) is 25.0. The van der Waals surface area contributed by atoms with E-state index in [-0.39, 0.29) is 23.8 Å². The molecule has 0 bridgehead atoms. The molecule has 1 rings (SSSR count). The van der Waals surface area contributed by atoms with Crippen LogP contribution in [0.1, 0.15) is 105 Å². The molecule has 4 heteroatoms. The highest BCUT2D eigenvalue weighted by Gasteiger charge is 2.31. The van der Waals surface area contributed by atoms with Crippen LogP contribution in [0.25, 0.3) is 0 Å². The number of carbonyl (C=O) groups is 2. The Kier molecular flexibility index (Phi) is 13.3. The molecule has 28 heavy (non-hydrogen) atoms. The zero-order valence-corrected chi connectivity index (χ0v) is 18.8. The maximum Gasteiger partial charge on any atom is 0.308 e. The van der Waals surface area contributed by atoms with Crippen molar-refractivity contribution in [2.24, 2.45) is 23.7 Å². The van der Waals surface area contributed by atoms with Crippen LogP contribution >= 0.6 is 0 Å². The van der Waals surface area contributed by atoms with Gasteiger partial charge in [0.25, 0.3) is 0 Å². The van der Waals surface area contributed by atoms with Gasteiger partial charge < -0.3 is 9.47 Å². The molecular formula is C24H44O4. The van der Waals surface area contributed by atoms with Crippen LogP contribution in [0.4, 0.5) is 0 Å². The van der Waals surface area contributed by atoms with Crippen molar-refractivity contribution < 1.29 is 19.1 Å². The molecule has 0 amide bonds. The molecule has 0 saturated heterocycles. The summed E-state index contributed by atoms with van der Waals surface area (Å²) >= 11 is 0. The molecular weight excluding hydrogens is 352 g/mol. The molecule has 0 radical (unpaired) electrons. The van der Waals surface area contributed by atoms with Gasteiger partial charge in [0.15, 0.2) is 0 Å². The predicted octanol–water partition coefficient (Wildman–Crippen LogP) is 6.31. The van der Waals surface area contributed by atoms with Crippen LogP contribution in [0, 0.1) is 23.7 Å². The quantitative estimate of drug-likeness (QED) is 0.255. The molecule has 0 aromatic heterocycles. The van der Waals surface area contributed by atoms with E-state index in [1.807, 2.05) is 0 Å². The molecule has 1 saturated carbocycles. The summed E-state index contributed by atoms with van der Waals surface area (Å²) in [6.07, 6.45) is 12.1. The second-order valence-corrected chi connectivity index (χ2v) is 9.37. The van der Waals surface area contributed by atoms with E-state index in [0.717, 1.165) is 57.3 Å². The smallest absolute Gasteiger partial charge is 0.308 e. The van der Waals surface area contributed by atoms with Gasteiger partial charge in [-0.1, -0.05) is 59.8 Å². The fourth-order valence-corrected chi connectivity index (χ4v) is 3.81. The Morgan fingerprint density at radius 2 is 1.00 bits per heavy atom. The topological polar surface area (TPSA) is 52.6 Å². The fourth-order valence-electron chi connectivity index (χ4n) is 3.81. The van der Waals surface area contributed by atoms with E-state index in [1.54, 1.807) is 0 Å². The van der Waals surface area contributed by atoms with Crippen LogP contribution in [0.15, 0.2) is 0 Å². The van der Waals surface area contributed by atoms with Gasteiger partial charge in [0.1, 0.15) is 0 Å². The van der Waals surface area contributed by atoms with Crippen molar-refractivity contribution in [1.29, 1.82) is 0 Å². The first-order valence-electron chi connectivity index (χ1n) is 11.7. The van der Waals surface area contributed by atoms with Crippen molar-refractivity contribution in [3.8, 4) is 0 Å². The Bertz CT molecular complexity index is 422. The molecule has 1 aliphatic carbocycles. The molecule has 4 nitrogen and oxygen atoms in total. The van der Waals surface area contributed by atoms with Crippen LogP contribution < -0.4 is 0 Å². The molecule has 1 fully saturated rings. The third-order valence-electron chi connectivity index (χ3n) is 5.73. The molecule has 0 N–H and O–H groups in total. The van der Waals surface area contributed by atoms with Crippen molar-refractivity contribution in [3.63, 3.8) is 0 Å². The van der Waals surface area contributed by atoms with Crippen molar-refractivity contribution >= 4 is 11.9 Å². The van der Waals surface area contributed by atoms with Gasteiger partial charge >= 0.3 is 11.9 Å². The molecule has 0 atom stereocenters. The highest BCUT2D eigenvalue weighted by molar-refractivity contribution is 5.75. The first-order valence-corrected chi connectivity index (χ1v) is 11.7. The summed E-state index contributed by atoms with van der Waals surface area (Å²) in [5, 5.41) is 0. The van der Waals surface area contributed by atoms with Gasteiger partial charge in [0.2, 0.25) is 0 Å². The minimum absolute atomic E-state index is 0.0315. The third kappa shape index (κ3) is 11.7. The molecule has 0 aromatic rings. The average molecular weight is 397 g/mol. The average Bonchev–Trinajstić information content (AvgIpc) is 2.66. The minimum atomic E-state index is -0.0715. The number of unbranched alkanes of at least 4 members (excludes halogenated alkanes) is 4. The summed E-state index contributed by atoms with van der Waals surface area (Å²) in [7, 11) is 0. The molecule has 1 aliphatic rings. The second-order valence-electron chi connectivity index (χ2n) is 9.37. The lowest BCUT2D eigenvalue weighted by atomic mass is 9.82. The lowest BCUT2D eigenvalue weighted by Gasteiger charge is -2.26. The molecule has 0 spiro atoms. The van der Waals surface area contributed by atoms with E-state index in [2.05, 4.69) is 27.7 Å². The standard InChI is InChI=1S/C24H44O4/c1-19(2)11-7-5-6-9-17-27-23(25)21-13-15-22(16-14-21)24(26)28-18-10-8-12-20(3)4/h19-22H,5-18H2,1-4H3. The Morgan fingerprint density at radius 3 is 1.43 bits per heavy atom. The van der Waals surface area contributed by atoms with Gasteiger partial charge in [-0.3, -0.25) is 9.59 Å². The van der Waals surface area contributed by atoms with Gasteiger partial charge in [-0.25, -0.2) is 0 Å². The number of hydrogen-bond acceptors (Lipinski definition) is 4. The summed E-state index contributed by atoms with van der Waals surface area (Å²) in [5.41, 5.74) is 0. The maximum absolute atomic E-state index is 12.2. The zero-order valence-electron chi connectivity index (χ0n) is 18.8. The lowest BCUT2D eigenvalue weighted by Crippen LogP contribution is -2.28. The molecule has 0 unspecified atom stereocenters. The molecule has 0 heterocycles. The Morgan fingerprint density at radius 1 is 0.643 bits per heavy atom. The third-order valence-corrected chi connectivity index (χ3v) is 5.73. The van der Waals surface area contributed by atoms with Crippen LogP contribution in [0.5, 0.6) is 0 Å². The van der Waals surface area contributed by atoms with Gasteiger partial charge in [0.05, 0.1) is 25.0 Å². The first-order chi connectivity index (χ1) is 13.4. The summed E-state index contributed by atoms with van der Waals surface area (Å²) in [6, 6.07) is 0. The molecule has 0 aromatic carbocycles. The number of carbonyl (C=O) groups excluding carboxylic acids is 2. The van der Waals surface area contributed by atoms with E-state index in [4.69, 9.17) is 9.47 Å². The highest BCUT2D eigenvalue weighted by atomic mass is 16.5. The number of ether oxygens (including phenoxy) is 2. The van der Waals surface area contributed by atoms with Gasteiger partial charge in [-0.2, -0.15) is 0 Å². The van der Waals surface area contributed by atoms with E-state index in [9.17, 15) is 9.59 Å². The Balaban J connectivity index is 2.06. The monoisotopic (exact) mass is 396 g/mol. The fraction of sp³-hybridized carbons (Fsp3) is 0.917. The Labute approximate surface area is 173 Å². The van der Waals surface area contributed by atoms with E-state index in [1.165, 1.54) is 25.7 Å². The van der Waals surface area contributed by atoms with Crippen LogP contribution in [0.2, 0.25) is 0 Å². The van der Waals surface area contributed by atoms with Crippen molar-refractivity contribution in [2.75, 3.05) is 13.2 Å². The maximum atomic E-state index is 12.2. The van der Waals surface area contributed by atoms with Crippen LogP contribution in [-0.2, 0) is 19.1 Å². The summed E-state index contributed by atoms with van der Waals surface area (Å²) in [5.74, 6) is 1.28. The number of esters is 2. The van der Waals surface area contributed by atoms with Gasteiger partial charge in [-0.05, 0) is 56.8 Å². The van der Waals surface area contributed by atoms with E-state index >= 15 is 0 Å². The van der Waals surface area contributed by atoms with Crippen LogP contribution in [0.3, 0.4) is 0 Å². The highest BCUT2D eigenvalue weighted by Crippen LogP contribution is 2.30. The largest absolute Gasteiger partial charge is 0.465 e. The Hall–Kier alpha value is -1.06. The SMILES string of the molecule is CC(C)CCCCCCOC(=O)C1CCC(C(=O)OCCCCC(C)C)CC1. The zero-order chi connectivity index (χ0) is 20.8.